The first-order chi connectivity index (χ1) is 19.5. The predicted octanol–water partition coefficient (Wildman–Crippen LogP) is 6.15. The van der Waals surface area contributed by atoms with Gasteiger partial charge in [0.05, 0.1) is 6.61 Å². The molecule has 0 aliphatic carbocycles. The summed E-state index contributed by atoms with van der Waals surface area (Å²) in [6.07, 6.45) is 4.70. The molecular weight excluding hydrogens is 549 g/mol. The van der Waals surface area contributed by atoms with Crippen molar-refractivity contribution in [3.05, 3.63) is 106 Å². The van der Waals surface area contributed by atoms with Crippen LogP contribution in [0, 0.1) is 0 Å². The lowest BCUT2D eigenvalue weighted by Gasteiger charge is -2.30. The number of hydrogen-bond acceptors (Lipinski definition) is 6. The summed E-state index contributed by atoms with van der Waals surface area (Å²) in [7, 11) is 0. The molecule has 0 unspecified atom stereocenters. The molecule has 1 heterocycles. The average molecular weight is 583 g/mol. The fraction of sp³-hybridized carbons (Fsp3) is 0.290. The van der Waals surface area contributed by atoms with Crippen molar-refractivity contribution in [1.82, 2.24) is 10.9 Å². The fourth-order valence-corrected chi connectivity index (χ4v) is 4.83. The van der Waals surface area contributed by atoms with Crippen LogP contribution in [-0.2, 0) is 9.53 Å². The van der Waals surface area contributed by atoms with Crippen molar-refractivity contribution >= 4 is 41.1 Å². The molecule has 0 spiro atoms. The molecule has 0 bridgehead atoms. The highest BCUT2D eigenvalue weighted by molar-refractivity contribution is 6.35. The summed E-state index contributed by atoms with van der Waals surface area (Å²) in [6.45, 7) is 3.09. The second kappa shape index (κ2) is 14.3. The molecule has 0 radical (unpaired) electrons. The maximum absolute atomic E-state index is 13.9. The molecule has 1 aliphatic rings. The normalized spacial score (nSPS) is 18.4. The van der Waals surface area contributed by atoms with Crippen molar-refractivity contribution in [2.24, 2.45) is 4.99 Å². The van der Waals surface area contributed by atoms with E-state index in [1.807, 2.05) is 61.5 Å². The minimum absolute atomic E-state index is 0.0629. The number of aliphatic hydroxyl groups is 1. The minimum Gasteiger partial charge on any atom is -0.494 e. The van der Waals surface area contributed by atoms with E-state index >= 15 is 0 Å². The molecule has 0 fully saturated rings. The van der Waals surface area contributed by atoms with Gasteiger partial charge in [0, 0.05) is 47.2 Å². The molecule has 0 saturated carbocycles. The lowest BCUT2D eigenvalue weighted by atomic mass is 9.84. The van der Waals surface area contributed by atoms with E-state index < -0.39 is 11.6 Å². The Morgan fingerprint density at radius 1 is 1.12 bits per heavy atom. The Hall–Kier alpha value is -3.36. The molecule has 40 heavy (non-hydrogen) atoms. The Labute approximate surface area is 244 Å². The van der Waals surface area contributed by atoms with Gasteiger partial charge >= 0.3 is 0 Å². The van der Waals surface area contributed by atoms with Crippen LogP contribution < -0.4 is 15.6 Å². The van der Waals surface area contributed by atoms with Crippen LogP contribution in [0.1, 0.15) is 49.0 Å². The molecule has 7 nitrogen and oxygen atoms in total. The third-order valence-electron chi connectivity index (χ3n) is 6.39. The van der Waals surface area contributed by atoms with Crippen LogP contribution in [0.5, 0.6) is 5.75 Å². The standard InChI is InChI=1S/C31H33Cl2N3O4/c1-2-18-34-36-30(38)31(17-6-10-22-8-4-3-5-9-22)28(26-16-13-24(32)21-27(26)33)40-29(35-31)23-11-14-25(15-12-23)39-20-7-19-37/h3-6,8-16,21,28,34,37H,2,7,17-20H2,1H3,(H,36,38)/b10-6+/t28-,31-/m0/s1. The van der Waals surface area contributed by atoms with Crippen LogP contribution in [0.15, 0.2) is 83.9 Å². The number of amides is 1. The van der Waals surface area contributed by atoms with Crippen LogP contribution >= 0.6 is 23.2 Å². The highest BCUT2D eigenvalue weighted by atomic mass is 35.5. The molecule has 1 aliphatic heterocycles. The zero-order chi connectivity index (χ0) is 28.4. The number of nitrogens with zero attached hydrogens (tertiary/aromatic N) is 1. The molecule has 4 rings (SSSR count). The highest BCUT2D eigenvalue weighted by Gasteiger charge is 2.53. The van der Waals surface area contributed by atoms with E-state index in [0.717, 1.165) is 12.0 Å². The number of carbonyl (C=O) groups excluding carboxylic acids is 1. The number of nitrogens with one attached hydrogen (secondary N) is 2. The minimum atomic E-state index is -1.37. The maximum Gasteiger partial charge on any atom is 0.266 e. The largest absolute Gasteiger partial charge is 0.494 e. The smallest absolute Gasteiger partial charge is 0.266 e. The number of hydrazine groups is 1. The van der Waals surface area contributed by atoms with Crippen LogP contribution in [0.25, 0.3) is 6.08 Å². The van der Waals surface area contributed by atoms with Gasteiger partial charge in [0.15, 0.2) is 11.6 Å². The number of aliphatic hydroxyl groups excluding tert-OH is 1. The van der Waals surface area contributed by atoms with Gasteiger partial charge in [0.1, 0.15) is 5.75 Å². The number of rotatable bonds is 13. The Balaban J connectivity index is 1.74. The maximum atomic E-state index is 13.9. The Bertz CT molecular complexity index is 1330. The Kier molecular flexibility index (Phi) is 10.6. The van der Waals surface area contributed by atoms with Crippen LogP contribution in [0.4, 0.5) is 0 Å². The van der Waals surface area contributed by atoms with Gasteiger partial charge in [0.25, 0.3) is 5.91 Å². The van der Waals surface area contributed by atoms with Crippen molar-refractivity contribution in [3.8, 4) is 5.75 Å². The third-order valence-corrected chi connectivity index (χ3v) is 6.95. The molecule has 3 aromatic rings. The van der Waals surface area contributed by atoms with Gasteiger partial charge in [-0.05, 0) is 48.4 Å². The molecule has 2 atom stereocenters. The van der Waals surface area contributed by atoms with E-state index in [2.05, 4.69) is 10.9 Å². The summed E-state index contributed by atoms with van der Waals surface area (Å²) < 4.78 is 12.1. The number of ether oxygens (including phenoxy) is 2. The van der Waals surface area contributed by atoms with Gasteiger partial charge in [0.2, 0.25) is 5.90 Å². The number of aliphatic imine (C=N–C) groups is 1. The van der Waals surface area contributed by atoms with Crippen molar-refractivity contribution in [2.75, 3.05) is 19.8 Å². The van der Waals surface area contributed by atoms with Crippen LogP contribution in [0.3, 0.4) is 0 Å². The molecule has 210 valence electrons. The molecule has 0 aromatic heterocycles. The van der Waals surface area contributed by atoms with E-state index in [1.165, 1.54) is 0 Å². The van der Waals surface area contributed by atoms with Crippen LogP contribution in [-0.4, -0.2) is 42.2 Å². The van der Waals surface area contributed by atoms with E-state index in [-0.39, 0.29) is 18.9 Å². The number of benzene rings is 3. The van der Waals surface area contributed by atoms with Crippen molar-refractivity contribution in [3.63, 3.8) is 0 Å². The Morgan fingerprint density at radius 3 is 2.60 bits per heavy atom. The molecule has 0 saturated heterocycles. The van der Waals surface area contributed by atoms with Gasteiger partial charge in [-0.15, -0.1) is 0 Å². The second-order valence-corrected chi connectivity index (χ2v) is 10.2. The first kappa shape index (κ1) is 29.6. The lowest BCUT2D eigenvalue weighted by Crippen LogP contribution is -2.52. The summed E-state index contributed by atoms with van der Waals surface area (Å²) in [6, 6.07) is 22.3. The zero-order valence-electron chi connectivity index (χ0n) is 22.3. The quantitative estimate of drug-likeness (QED) is 0.166. The third kappa shape index (κ3) is 7.23. The lowest BCUT2D eigenvalue weighted by molar-refractivity contribution is -0.129. The fourth-order valence-electron chi connectivity index (χ4n) is 4.32. The first-order valence-corrected chi connectivity index (χ1v) is 14.0. The van der Waals surface area contributed by atoms with E-state index in [4.69, 9.17) is 42.8 Å². The predicted molar refractivity (Wildman–Crippen MR) is 160 cm³/mol. The molecule has 9 heteroatoms. The van der Waals surface area contributed by atoms with Gasteiger partial charge in [-0.2, -0.15) is 0 Å². The first-order valence-electron chi connectivity index (χ1n) is 13.3. The van der Waals surface area contributed by atoms with Crippen molar-refractivity contribution in [1.29, 1.82) is 0 Å². The van der Waals surface area contributed by atoms with E-state index in [0.29, 0.717) is 52.4 Å². The molecule has 3 N–H and O–H groups in total. The van der Waals surface area contributed by atoms with E-state index in [1.54, 1.807) is 30.3 Å². The SMILES string of the molecule is CCCNNC(=O)[C@@]1(C/C=C/c2ccccc2)N=C(c2ccc(OCCCO)cc2)O[C@H]1c1ccc(Cl)cc1Cl. The summed E-state index contributed by atoms with van der Waals surface area (Å²) in [4.78, 5) is 18.9. The van der Waals surface area contributed by atoms with Gasteiger partial charge in [-0.3, -0.25) is 10.2 Å². The summed E-state index contributed by atoms with van der Waals surface area (Å²) in [5.41, 5.74) is 6.75. The van der Waals surface area contributed by atoms with Crippen LogP contribution in [0.2, 0.25) is 10.0 Å². The molecule has 1 amide bonds. The topological polar surface area (TPSA) is 92.2 Å². The van der Waals surface area contributed by atoms with Gasteiger partial charge in [-0.25, -0.2) is 10.4 Å². The zero-order valence-corrected chi connectivity index (χ0v) is 23.8. The van der Waals surface area contributed by atoms with E-state index in [9.17, 15) is 4.79 Å². The highest BCUT2D eigenvalue weighted by Crippen LogP contribution is 2.45. The Morgan fingerprint density at radius 2 is 1.90 bits per heavy atom. The molecule has 3 aromatic carbocycles. The number of carbonyl (C=O) groups is 1. The van der Waals surface area contributed by atoms with Crippen molar-refractivity contribution in [2.45, 2.75) is 37.8 Å². The monoisotopic (exact) mass is 581 g/mol. The second-order valence-electron chi connectivity index (χ2n) is 9.35. The summed E-state index contributed by atoms with van der Waals surface area (Å²) in [5.74, 6) is 0.636. The van der Waals surface area contributed by atoms with Gasteiger partial charge < -0.3 is 14.6 Å². The van der Waals surface area contributed by atoms with Crippen molar-refractivity contribution < 1.29 is 19.4 Å². The number of hydrogen-bond donors (Lipinski definition) is 3. The average Bonchev–Trinajstić information content (AvgIpc) is 3.34. The van der Waals surface area contributed by atoms with Gasteiger partial charge in [-0.1, -0.05) is 78.7 Å². The molecular formula is C31H33Cl2N3O4. The summed E-state index contributed by atoms with van der Waals surface area (Å²) >= 11 is 12.9. The summed E-state index contributed by atoms with van der Waals surface area (Å²) in [5, 5.41) is 9.86. The number of halogens is 2.